The van der Waals surface area contributed by atoms with Crippen molar-refractivity contribution in [2.45, 2.75) is 38.2 Å². The number of likely N-dealkylation sites (tertiary alicyclic amines) is 1. The van der Waals surface area contributed by atoms with Gasteiger partial charge < -0.3 is 14.9 Å². The number of para-hydroxylation sites is 1. The van der Waals surface area contributed by atoms with Gasteiger partial charge in [-0.25, -0.2) is 0 Å². The zero-order valence-corrected chi connectivity index (χ0v) is 12.7. The minimum atomic E-state index is -0.278. The lowest BCUT2D eigenvalue weighted by molar-refractivity contribution is -0.133. The molecule has 0 aliphatic carbocycles. The number of aryl methyl sites for hydroxylation is 1. The van der Waals surface area contributed by atoms with E-state index in [-0.39, 0.29) is 17.9 Å². The summed E-state index contributed by atoms with van der Waals surface area (Å²) >= 11 is 0. The van der Waals surface area contributed by atoms with Crippen LogP contribution in [0.1, 0.15) is 31.2 Å². The summed E-state index contributed by atoms with van der Waals surface area (Å²) in [5.41, 5.74) is 2.12. The van der Waals surface area contributed by atoms with Gasteiger partial charge in [-0.05, 0) is 30.9 Å². The fourth-order valence-corrected chi connectivity index (χ4v) is 3.22. The van der Waals surface area contributed by atoms with Crippen LogP contribution in [0.3, 0.4) is 0 Å². The quantitative estimate of drug-likeness (QED) is 0.916. The van der Waals surface area contributed by atoms with Gasteiger partial charge in [-0.15, -0.1) is 0 Å². The second-order valence-corrected chi connectivity index (χ2v) is 6.04. The van der Waals surface area contributed by atoms with Crippen molar-refractivity contribution in [2.75, 3.05) is 24.5 Å². The number of hydrogen-bond acceptors (Lipinski definition) is 3. The van der Waals surface area contributed by atoms with Crippen LogP contribution in [-0.4, -0.2) is 47.6 Å². The zero-order valence-electron chi connectivity index (χ0n) is 12.7. The Morgan fingerprint density at radius 3 is 2.68 bits per heavy atom. The molecule has 5 heteroatoms. The highest BCUT2D eigenvalue weighted by Gasteiger charge is 2.26. The first-order valence-corrected chi connectivity index (χ1v) is 7.99. The van der Waals surface area contributed by atoms with Crippen molar-refractivity contribution in [2.24, 2.45) is 0 Å². The Labute approximate surface area is 130 Å². The average molecular weight is 302 g/mol. The molecular weight excluding hydrogens is 280 g/mol. The number of aliphatic hydroxyl groups is 1. The highest BCUT2D eigenvalue weighted by Crippen LogP contribution is 2.27. The maximum atomic E-state index is 12.3. The number of carbonyl (C=O) groups is 2. The average Bonchev–Trinajstić information content (AvgIpc) is 2.54. The van der Waals surface area contributed by atoms with Gasteiger partial charge in [0, 0.05) is 38.2 Å². The molecule has 1 aromatic rings. The molecule has 0 aromatic heterocycles. The molecule has 0 radical (unpaired) electrons. The van der Waals surface area contributed by atoms with E-state index in [9.17, 15) is 14.7 Å². The number of aliphatic hydroxyl groups excluding tert-OH is 1. The second kappa shape index (κ2) is 6.48. The van der Waals surface area contributed by atoms with Crippen molar-refractivity contribution in [3.8, 4) is 0 Å². The molecule has 5 nitrogen and oxygen atoms in total. The minimum absolute atomic E-state index is 0.0720. The lowest BCUT2D eigenvalue weighted by atomic mass is 10.0. The van der Waals surface area contributed by atoms with E-state index in [1.807, 2.05) is 24.3 Å². The number of amides is 2. The van der Waals surface area contributed by atoms with Crippen molar-refractivity contribution in [1.82, 2.24) is 4.90 Å². The summed E-state index contributed by atoms with van der Waals surface area (Å²) in [7, 11) is 0. The van der Waals surface area contributed by atoms with Gasteiger partial charge in [0.05, 0.1) is 6.10 Å². The predicted molar refractivity (Wildman–Crippen MR) is 83.6 cm³/mol. The van der Waals surface area contributed by atoms with Crippen LogP contribution in [0.5, 0.6) is 0 Å². The summed E-state index contributed by atoms with van der Waals surface area (Å²) in [5.74, 6) is 0.170. The van der Waals surface area contributed by atoms with E-state index in [1.165, 1.54) is 5.56 Å². The van der Waals surface area contributed by atoms with E-state index in [0.29, 0.717) is 45.3 Å². The second-order valence-electron chi connectivity index (χ2n) is 6.04. The summed E-state index contributed by atoms with van der Waals surface area (Å²) in [6.45, 7) is 1.67. The third kappa shape index (κ3) is 3.14. The molecule has 2 heterocycles. The Morgan fingerprint density at radius 1 is 1.18 bits per heavy atom. The minimum Gasteiger partial charge on any atom is -0.393 e. The van der Waals surface area contributed by atoms with Gasteiger partial charge >= 0.3 is 0 Å². The normalized spacial score (nSPS) is 19.2. The molecule has 0 unspecified atom stereocenters. The molecule has 2 amide bonds. The van der Waals surface area contributed by atoms with Gasteiger partial charge in [0.15, 0.2) is 0 Å². The van der Waals surface area contributed by atoms with E-state index in [2.05, 4.69) is 0 Å². The summed E-state index contributed by atoms with van der Waals surface area (Å²) in [6, 6.07) is 7.91. The summed E-state index contributed by atoms with van der Waals surface area (Å²) in [4.78, 5) is 28.0. The third-order valence-electron chi connectivity index (χ3n) is 4.56. The lowest BCUT2D eigenvalue weighted by Crippen LogP contribution is -2.42. The molecule has 1 saturated heterocycles. The molecule has 0 spiro atoms. The monoisotopic (exact) mass is 302 g/mol. The predicted octanol–water partition coefficient (Wildman–Crippen LogP) is 1.34. The van der Waals surface area contributed by atoms with Crippen molar-refractivity contribution >= 4 is 17.5 Å². The fourth-order valence-electron chi connectivity index (χ4n) is 3.22. The van der Waals surface area contributed by atoms with Crippen LogP contribution in [0, 0.1) is 0 Å². The number of fused-ring (bicyclic) bond motifs is 1. The molecule has 1 N–H and O–H groups in total. The maximum Gasteiger partial charge on any atom is 0.227 e. The standard InChI is InChI=1S/C17H22N2O3/c20-14-7-10-18(11-8-14)16(21)9-12-19-15-4-2-1-3-13(15)5-6-17(19)22/h1-4,14,20H,5-12H2. The molecule has 2 aliphatic heterocycles. The van der Waals surface area contributed by atoms with Crippen LogP contribution >= 0.6 is 0 Å². The Bertz CT molecular complexity index is 565. The number of anilines is 1. The molecule has 2 aliphatic rings. The van der Waals surface area contributed by atoms with Crippen molar-refractivity contribution in [3.05, 3.63) is 29.8 Å². The van der Waals surface area contributed by atoms with Gasteiger partial charge in [0.25, 0.3) is 0 Å². The Kier molecular flexibility index (Phi) is 4.43. The van der Waals surface area contributed by atoms with Crippen LogP contribution in [0.4, 0.5) is 5.69 Å². The van der Waals surface area contributed by atoms with E-state index < -0.39 is 0 Å². The number of nitrogens with zero attached hydrogens (tertiary/aromatic N) is 2. The first-order chi connectivity index (χ1) is 10.6. The summed E-state index contributed by atoms with van der Waals surface area (Å²) < 4.78 is 0. The summed E-state index contributed by atoms with van der Waals surface area (Å²) in [5, 5.41) is 9.50. The van der Waals surface area contributed by atoms with Crippen LogP contribution in [0.2, 0.25) is 0 Å². The Morgan fingerprint density at radius 2 is 1.91 bits per heavy atom. The van der Waals surface area contributed by atoms with E-state index in [1.54, 1.807) is 9.80 Å². The highest BCUT2D eigenvalue weighted by atomic mass is 16.3. The van der Waals surface area contributed by atoms with E-state index in [4.69, 9.17) is 0 Å². The number of rotatable bonds is 3. The molecule has 0 atom stereocenters. The third-order valence-corrected chi connectivity index (χ3v) is 4.56. The van der Waals surface area contributed by atoms with Gasteiger partial charge in [0.2, 0.25) is 11.8 Å². The molecule has 0 saturated carbocycles. The zero-order chi connectivity index (χ0) is 15.5. The smallest absolute Gasteiger partial charge is 0.227 e. The molecule has 1 aromatic carbocycles. The molecule has 118 valence electrons. The maximum absolute atomic E-state index is 12.3. The number of piperidine rings is 1. The molecule has 3 rings (SSSR count). The van der Waals surface area contributed by atoms with E-state index in [0.717, 1.165) is 12.1 Å². The van der Waals surface area contributed by atoms with Gasteiger partial charge in [-0.2, -0.15) is 0 Å². The van der Waals surface area contributed by atoms with Crippen LogP contribution in [0.25, 0.3) is 0 Å². The Balaban J connectivity index is 1.61. The van der Waals surface area contributed by atoms with Crippen molar-refractivity contribution < 1.29 is 14.7 Å². The first kappa shape index (κ1) is 15.0. The Hall–Kier alpha value is -1.88. The van der Waals surface area contributed by atoms with Gasteiger partial charge in [-0.1, -0.05) is 18.2 Å². The fraction of sp³-hybridized carbons (Fsp3) is 0.529. The largest absolute Gasteiger partial charge is 0.393 e. The van der Waals surface area contributed by atoms with E-state index >= 15 is 0 Å². The van der Waals surface area contributed by atoms with Gasteiger partial charge in [-0.3, -0.25) is 9.59 Å². The molecular formula is C17H22N2O3. The van der Waals surface area contributed by atoms with Crippen LogP contribution in [-0.2, 0) is 16.0 Å². The van der Waals surface area contributed by atoms with Crippen molar-refractivity contribution in [3.63, 3.8) is 0 Å². The lowest BCUT2D eigenvalue weighted by Gasteiger charge is -2.32. The van der Waals surface area contributed by atoms with Crippen molar-refractivity contribution in [1.29, 1.82) is 0 Å². The highest BCUT2D eigenvalue weighted by molar-refractivity contribution is 5.97. The first-order valence-electron chi connectivity index (χ1n) is 7.99. The van der Waals surface area contributed by atoms with Crippen LogP contribution < -0.4 is 4.90 Å². The number of hydrogen-bond donors (Lipinski definition) is 1. The SMILES string of the molecule is O=C(CCN1C(=O)CCc2ccccc21)N1CCC(O)CC1. The number of carbonyl (C=O) groups excluding carboxylic acids is 2. The topological polar surface area (TPSA) is 60.9 Å². The number of benzene rings is 1. The molecule has 1 fully saturated rings. The molecule has 22 heavy (non-hydrogen) atoms. The summed E-state index contributed by atoms with van der Waals surface area (Å²) in [6.07, 6.45) is 2.66. The van der Waals surface area contributed by atoms with Gasteiger partial charge in [0.1, 0.15) is 0 Å². The van der Waals surface area contributed by atoms with Crippen LogP contribution in [0.15, 0.2) is 24.3 Å². The molecule has 0 bridgehead atoms.